The lowest BCUT2D eigenvalue weighted by Gasteiger charge is -2.26. The van der Waals surface area contributed by atoms with Crippen molar-refractivity contribution < 1.29 is 30.7 Å². The number of benzene rings is 1. The van der Waals surface area contributed by atoms with Crippen molar-refractivity contribution in [1.82, 2.24) is 0 Å². The lowest BCUT2D eigenvalue weighted by Crippen LogP contribution is -2.36. The van der Waals surface area contributed by atoms with Crippen molar-refractivity contribution >= 4 is 12.7 Å². The summed E-state index contributed by atoms with van der Waals surface area (Å²) in [6.45, 7) is 1.67. The molecule has 0 saturated carbocycles. The minimum atomic E-state index is -2.88. The fraction of sp³-hybridized carbons (Fsp3) is 0.286. The molecule has 1 aromatic carbocycles. The van der Waals surface area contributed by atoms with Gasteiger partial charge in [-0.2, -0.15) is 0 Å². The Labute approximate surface area is 122 Å². The quantitative estimate of drug-likeness (QED) is 0.443. The number of allylic oxidation sites excluding steroid dienone is 4. The fourth-order valence-electron chi connectivity index (χ4n) is 2.24. The molecule has 0 spiro atoms. The van der Waals surface area contributed by atoms with Gasteiger partial charge in [-0.15, -0.1) is 0 Å². The van der Waals surface area contributed by atoms with Crippen LogP contribution in [-0.2, 0) is 0 Å². The van der Waals surface area contributed by atoms with Crippen molar-refractivity contribution in [3.8, 4) is 0 Å². The number of alkyl halides is 2. The molecule has 0 aromatic heterocycles. The zero-order chi connectivity index (χ0) is 16.8. The minimum Gasteiger partial charge on any atom is -0.236 e. The molecular weight excluding hydrogens is 312 g/mol. The predicted octanol–water partition coefficient (Wildman–Crippen LogP) is 3.59. The number of hydrogen-bond donors (Lipinski definition) is 0. The van der Waals surface area contributed by atoms with Gasteiger partial charge in [0.25, 0.3) is 0 Å². The van der Waals surface area contributed by atoms with Crippen LogP contribution in [0.3, 0.4) is 0 Å². The van der Waals surface area contributed by atoms with Crippen LogP contribution in [0.15, 0.2) is 29.3 Å². The standard InChI is InChI=1S/C14H10BF7/c1-5-9(6(16)3-7(17)11(5)19)15-10-8(18)4-14(2,22)13(21)12(10)20/h3-4,13,15H,1-2H3. The molecule has 118 valence electrons. The van der Waals surface area contributed by atoms with E-state index in [4.69, 9.17) is 0 Å². The average Bonchev–Trinajstić information content (AvgIpc) is 2.41. The summed E-state index contributed by atoms with van der Waals surface area (Å²) in [6.07, 6.45) is -2.51. The van der Waals surface area contributed by atoms with Gasteiger partial charge in [0.2, 0.25) is 7.28 Å². The molecule has 0 heterocycles. The van der Waals surface area contributed by atoms with Gasteiger partial charge in [0, 0.05) is 6.07 Å². The fourth-order valence-corrected chi connectivity index (χ4v) is 2.24. The number of rotatable bonds is 2. The Bertz CT molecular complexity index is 691. The van der Waals surface area contributed by atoms with Crippen LogP contribution in [0.25, 0.3) is 0 Å². The zero-order valence-electron chi connectivity index (χ0n) is 11.6. The highest BCUT2D eigenvalue weighted by molar-refractivity contribution is 6.62. The molecule has 1 aliphatic carbocycles. The molecule has 2 atom stereocenters. The van der Waals surface area contributed by atoms with Crippen LogP contribution in [0.5, 0.6) is 0 Å². The molecule has 0 nitrogen and oxygen atoms in total. The summed E-state index contributed by atoms with van der Waals surface area (Å²) in [6, 6.07) is 0.229. The molecule has 2 rings (SSSR count). The van der Waals surface area contributed by atoms with Crippen LogP contribution in [0.1, 0.15) is 12.5 Å². The monoisotopic (exact) mass is 322 g/mol. The maximum atomic E-state index is 13.8. The highest BCUT2D eigenvalue weighted by atomic mass is 19.2. The second kappa shape index (κ2) is 5.48. The molecule has 0 N–H and O–H groups in total. The smallest absolute Gasteiger partial charge is 0.204 e. The van der Waals surface area contributed by atoms with Gasteiger partial charge >= 0.3 is 0 Å². The molecular formula is C14H10BF7. The van der Waals surface area contributed by atoms with E-state index >= 15 is 0 Å². The van der Waals surface area contributed by atoms with Crippen LogP contribution >= 0.6 is 0 Å². The van der Waals surface area contributed by atoms with E-state index < -0.39 is 64.7 Å². The SMILES string of the molecule is Cc1c(F)c(F)cc(F)c1BC1=C(F)C(F)C(C)(F)C=C1F. The highest BCUT2D eigenvalue weighted by Crippen LogP contribution is 2.37. The maximum Gasteiger partial charge on any atom is 0.204 e. The van der Waals surface area contributed by atoms with Gasteiger partial charge in [-0.25, -0.2) is 30.7 Å². The second-order valence-electron chi connectivity index (χ2n) is 5.27. The van der Waals surface area contributed by atoms with Gasteiger partial charge in [-0.05, 0) is 36.4 Å². The molecule has 0 bridgehead atoms. The molecule has 0 radical (unpaired) electrons. The first-order valence-electron chi connectivity index (χ1n) is 6.29. The predicted molar refractivity (Wildman–Crippen MR) is 69.6 cm³/mol. The molecule has 0 aliphatic heterocycles. The molecule has 22 heavy (non-hydrogen) atoms. The summed E-state index contributed by atoms with van der Waals surface area (Å²) in [5.74, 6) is -7.18. The average molecular weight is 322 g/mol. The molecule has 1 aliphatic rings. The van der Waals surface area contributed by atoms with Crippen molar-refractivity contribution in [1.29, 1.82) is 0 Å². The van der Waals surface area contributed by atoms with Crippen molar-refractivity contribution in [2.75, 3.05) is 0 Å². The van der Waals surface area contributed by atoms with Crippen LogP contribution in [0.2, 0.25) is 0 Å². The third-order valence-corrected chi connectivity index (χ3v) is 3.59. The zero-order valence-corrected chi connectivity index (χ0v) is 11.6. The van der Waals surface area contributed by atoms with Crippen LogP contribution in [0, 0.1) is 24.4 Å². The van der Waals surface area contributed by atoms with E-state index in [0.29, 0.717) is 6.92 Å². The van der Waals surface area contributed by atoms with Crippen molar-refractivity contribution in [2.45, 2.75) is 25.7 Å². The van der Waals surface area contributed by atoms with E-state index in [2.05, 4.69) is 0 Å². The third-order valence-electron chi connectivity index (χ3n) is 3.59. The Morgan fingerprint density at radius 3 is 2.27 bits per heavy atom. The first-order valence-corrected chi connectivity index (χ1v) is 6.29. The van der Waals surface area contributed by atoms with E-state index in [9.17, 15) is 30.7 Å². The Morgan fingerprint density at radius 1 is 1.09 bits per heavy atom. The minimum absolute atomic E-state index is 0.229. The lowest BCUT2D eigenvalue weighted by atomic mass is 9.59. The Hall–Kier alpha value is -1.73. The van der Waals surface area contributed by atoms with Crippen molar-refractivity contribution in [3.05, 3.63) is 52.3 Å². The lowest BCUT2D eigenvalue weighted by molar-refractivity contribution is 0.114. The molecule has 8 heteroatoms. The van der Waals surface area contributed by atoms with Gasteiger partial charge < -0.3 is 0 Å². The first-order chi connectivity index (χ1) is 10.1. The summed E-state index contributed by atoms with van der Waals surface area (Å²) in [7, 11) is -0.862. The number of hydrogen-bond acceptors (Lipinski definition) is 0. The van der Waals surface area contributed by atoms with Crippen LogP contribution in [0.4, 0.5) is 30.7 Å². The Balaban J connectivity index is 2.50. The van der Waals surface area contributed by atoms with E-state index in [1.807, 2.05) is 0 Å². The van der Waals surface area contributed by atoms with Gasteiger partial charge in [0.05, 0.1) is 0 Å². The molecule has 0 amide bonds. The molecule has 1 aromatic rings. The topological polar surface area (TPSA) is 0 Å². The summed E-state index contributed by atoms with van der Waals surface area (Å²) in [4.78, 5) is 0. The Kier molecular flexibility index (Phi) is 4.15. The number of halogens is 7. The maximum absolute atomic E-state index is 13.8. The van der Waals surface area contributed by atoms with E-state index in [-0.39, 0.29) is 12.1 Å². The van der Waals surface area contributed by atoms with E-state index in [1.54, 1.807) is 0 Å². The Morgan fingerprint density at radius 2 is 1.68 bits per heavy atom. The molecule has 0 saturated heterocycles. The van der Waals surface area contributed by atoms with Crippen molar-refractivity contribution in [2.24, 2.45) is 0 Å². The summed E-state index contributed by atoms with van der Waals surface area (Å²) in [5, 5.41) is 0. The van der Waals surface area contributed by atoms with Crippen molar-refractivity contribution in [3.63, 3.8) is 0 Å². The molecule has 0 fully saturated rings. The molecule has 2 unspecified atom stereocenters. The van der Waals surface area contributed by atoms with Gasteiger partial charge in [-0.1, -0.05) is 0 Å². The van der Waals surface area contributed by atoms with E-state index in [1.165, 1.54) is 0 Å². The summed E-state index contributed by atoms with van der Waals surface area (Å²) in [5.41, 5.74) is -4.81. The summed E-state index contributed by atoms with van der Waals surface area (Å²) < 4.78 is 94.9. The van der Waals surface area contributed by atoms with Gasteiger partial charge in [-0.3, -0.25) is 0 Å². The summed E-state index contributed by atoms with van der Waals surface area (Å²) >= 11 is 0. The van der Waals surface area contributed by atoms with Crippen LogP contribution < -0.4 is 5.46 Å². The third kappa shape index (κ3) is 2.66. The highest BCUT2D eigenvalue weighted by Gasteiger charge is 2.42. The van der Waals surface area contributed by atoms with Crippen LogP contribution in [-0.4, -0.2) is 19.1 Å². The second-order valence-corrected chi connectivity index (χ2v) is 5.27. The first kappa shape index (κ1) is 16.6. The van der Waals surface area contributed by atoms with Gasteiger partial charge in [0.15, 0.2) is 23.5 Å². The van der Waals surface area contributed by atoms with Gasteiger partial charge in [0.1, 0.15) is 17.5 Å². The normalized spacial score (nSPS) is 25.3. The largest absolute Gasteiger partial charge is 0.236 e. The van der Waals surface area contributed by atoms with E-state index in [0.717, 1.165) is 6.92 Å².